The van der Waals surface area contributed by atoms with E-state index < -0.39 is 23.8 Å². The molecule has 136 valence electrons. The van der Waals surface area contributed by atoms with Crippen LogP contribution in [-0.4, -0.2) is 38.1 Å². The molecular weight excluding hydrogens is 370 g/mol. The van der Waals surface area contributed by atoms with Crippen molar-refractivity contribution in [3.05, 3.63) is 70.6 Å². The van der Waals surface area contributed by atoms with Crippen LogP contribution in [0.25, 0.3) is 5.65 Å². The van der Waals surface area contributed by atoms with Gasteiger partial charge in [-0.3, -0.25) is 14.5 Å². The highest BCUT2D eigenvalue weighted by Gasteiger charge is 2.41. The maximum Gasteiger partial charge on any atom is 0.329 e. The number of nitrogens with zero attached hydrogens (tertiary/aromatic N) is 3. The lowest BCUT2D eigenvalue weighted by molar-refractivity contribution is -0.149. The van der Waals surface area contributed by atoms with Gasteiger partial charge in [-0.2, -0.15) is 0 Å². The third-order valence-electron chi connectivity index (χ3n) is 4.38. The van der Waals surface area contributed by atoms with E-state index in [1.807, 2.05) is 0 Å². The van der Waals surface area contributed by atoms with Gasteiger partial charge in [-0.25, -0.2) is 9.78 Å². The Morgan fingerprint density at radius 1 is 1.11 bits per heavy atom. The van der Waals surface area contributed by atoms with Crippen molar-refractivity contribution >= 4 is 35.0 Å². The normalized spacial score (nSPS) is 14.5. The molecule has 8 heteroatoms. The van der Waals surface area contributed by atoms with Gasteiger partial charge >= 0.3 is 5.97 Å². The smallest absolute Gasteiger partial charge is 0.329 e. The Balaban J connectivity index is 1.46. The molecule has 27 heavy (non-hydrogen) atoms. The highest BCUT2D eigenvalue weighted by molar-refractivity contribution is 6.30. The summed E-state index contributed by atoms with van der Waals surface area (Å²) in [6.45, 7) is 1.39. The topological polar surface area (TPSA) is 81.0 Å². The number of halogens is 1. The largest absolute Gasteiger partial charge is 0.458 e. The van der Waals surface area contributed by atoms with E-state index in [9.17, 15) is 14.4 Å². The van der Waals surface area contributed by atoms with Gasteiger partial charge in [-0.05, 0) is 31.2 Å². The van der Waals surface area contributed by atoms with Crippen LogP contribution in [0.2, 0.25) is 5.02 Å². The van der Waals surface area contributed by atoms with Crippen LogP contribution in [0.1, 0.15) is 33.3 Å². The Kier molecular flexibility index (Phi) is 4.16. The molecule has 3 heterocycles. The molecule has 0 spiro atoms. The Labute approximate surface area is 159 Å². The van der Waals surface area contributed by atoms with Crippen molar-refractivity contribution in [3.63, 3.8) is 0 Å². The number of aromatic nitrogens is 2. The molecule has 7 nitrogen and oxygen atoms in total. The summed E-state index contributed by atoms with van der Waals surface area (Å²) in [5, 5.41) is 0.558. The second-order valence-electron chi connectivity index (χ2n) is 6.15. The zero-order valence-corrected chi connectivity index (χ0v) is 15.0. The van der Waals surface area contributed by atoms with E-state index >= 15 is 0 Å². The lowest BCUT2D eigenvalue weighted by Crippen LogP contribution is -2.43. The number of pyridine rings is 1. The number of carbonyl (C=O) groups is 3. The molecule has 1 atom stereocenters. The predicted octanol–water partition coefficient (Wildman–Crippen LogP) is 2.72. The maximum absolute atomic E-state index is 12.4. The van der Waals surface area contributed by atoms with Crippen LogP contribution < -0.4 is 0 Å². The Morgan fingerprint density at radius 3 is 2.44 bits per heavy atom. The van der Waals surface area contributed by atoms with E-state index in [2.05, 4.69) is 4.98 Å². The van der Waals surface area contributed by atoms with Gasteiger partial charge < -0.3 is 9.14 Å². The van der Waals surface area contributed by atoms with Crippen molar-refractivity contribution in [1.29, 1.82) is 0 Å². The van der Waals surface area contributed by atoms with Gasteiger partial charge in [0.15, 0.2) is 0 Å². The number of hydrogen-bond acceptors (Lipinski definition) is 5. The average molecular weight is 384 g/mol. The monoisotopic (exact) mass is 383 g/mol. The third-order valence-corrected chi connectivity index (χ3v) is 4.60. The lowest BCUT2D eigenvalue weighted by atomic mass is 10.1. The molecule has 2 amide bonds. The minimum absolute atomic E-state index is 0.0777. The Hall–Kier alpha value is -3.19. The van der Waals surface area contributed by atoms with Crippen LogP contribution in [0.3, 0.4) is 0 Å². The van der Waals surface area contributed by atoms with Crippen molar-refractivity contribution in [2.45, 2.75) is 19.6 Å². The first-order valence-electron chi connectivity index (χ1n) is 8.22. The summed E-state index contributed by atoms with van der Waals surface area (Å²) < 4.78 is 6.99. The number of ether oxygens (including phenoxy) is 1. The lowest BCUT2D eigenvalue weighted by Gasteiger charge is -2.20. The SMILES string of the molecule is CC(C(=O)OCc1cn2cc(Cl)ccc2n1)N1C(=O)c2ccccc2C1=O. The third kappa shape index (κ3) is 2.96. The summed E-state index contributed by atoms with van der Waals surface area (Å²) in [5.41, 5.74) is 1.78. The van der Waals surface area contributed by atoms with Crippen molar-refractivity contribution < 1.29 is 19.1 Å². The number of benzene rings is 1. The number of rotatable bonds is 4. The average Bonchev–Trinajstić information content (AvgIpc) is 3.18. The van der Waals surface area contributed by atoms with Crippen molar-refractivity contribution in [1.82, 2.24) is 14.3 Å². The van der Waals surface area contributed by atoms with E-state index in [-0.39, 0.29) is 6.61 Å². The molecule has 0 N–H and O–H groups in total. The zero-order chi connectivity index (χ0) is 19.1. The Bertz CT molecular complexity index is 1060. The number of esters is 1. The minimum Gasteiger partial charge on any atom is -0.458 e. The van der Waals surface area contributed by atoms with Gasteiger partial charge in [0.25, 0.3) is 11.8 Å². The second-order valence-corrected chi connectivity index (χ2v) is 6.59. The number of imidazole rings is 1. The van der Waals surface area contributed by atoms with E-state index in [1.54, 1.807) is 53.2 Å². The molecule has 1 unspecified atom stereocenters. The number of carbonyl (C=O) groups excluding carboxylic acids is 3. The molecule has 1 aliphatic heterocycles. The summed E-state index contributed by atoms with van der Waals surface area (Å²) in [6, 6.07) is 8.89. The van der Waals surface area contributed by atoms with E-state index in [4.69, 9.17) is 16.3 Å². The summed E-state index contributed by atoms with van der Waals surface area (Å²) in [5.74, 6) is -1.68. The molecule has 0 aliphatic carbocycles. The molecule has 0 bridgehead atoms. The summed E-state index contributed by atoms with van der Waals surface area (Å²) >= 11 is 5.93. The number of fused-ring (bicyclic) bond motifs is 2. The van der Waals surface area contributed by atoms with E-state index in [1.165, 1.54) is 6.92 Å². The highest BCUT2D eigenvalue weighted by atomic mass is 35.5. The molecule has 0 saturated carbocycles. The fourth-order valence-electron chi connectivity index (χ4n) is 3.02. The highest BCUT2D eigenvalue weighted by Crippen LogP contribution is 2.25. The molecule has 0 radical (unpaired) electrons. The molecule has 0 fully saturated rings. The molecule has 2 aromatic heterocycles. The van der Waals surface area contributed by atoms with Crippen LogP contribution in [0.5, 0.6) is 0 Å². The number of amides is 2. The minimum atomic E-state index is -1.04. The summed E-state index contributed by atoms with van der Waals surface area (Å²) in [7, 11) is 0. The summed E-state index contributed by atoms with van der Waals surface area (Å²) in [4.78, 5) is 42.5. The molecule has 4 rings (SSSR count). The van der Waals surface area contributed by atoms with E-state index in [0.717, 1.165) is 4.90 Å². The zero-order valence-electron chi connectivity index (χ0n) is 14.3. The quantitative estimate of drug-likeness (QED) is 0.511. The fraction of sp³-hybridized carbons (Fsp3) is 0.158. The molecule has 1 aliphatic rings. The van der Waals surface area contributed by atoms with Crippen molar-refractivity contribution in [2.24, 2.45) is 0 Å². The molecule has 1 aromatic carbocycles. The molecule has 3 aromatic rings. The van der Waals surface area contributed by atoms with Crippen LogP contribution in [0, 0.1) is 0 Å². The van der Waals surface area contributed by atoms with Crippen LogP contribution in [0.4, 0.5) is 0 Å². The van der Waals surface area contributed by atoms with Crippen LogP contribution in [-0.2, 0) is 16.1 Å². The van der Waals surface area contributed by atoms with Gasteiger partial charge in [0.05, 0.1) is 21.8 Å². The number of hydrogen-bond donors (Lipinski definition) is 0. The predicted molar refractivity (Wildman–Crippen MR) is 96.4 cm³/mol. The van der Waals surface area contributed by atoms with Crippen LogP contribution in [0.15, 0.2) is 48.8 Å². The molecule has 0 saturated heterocycles. The van der Waals surface area contributed by atoms with Crippen molar-refractivity contribution in [3.8, 4) is 0 Å². The standard InChI is InChI=1S/C19H14ClN3O4/c1-11(23-17(24)14-4-2-3-5-15(14)18(23)25)19(26)27-10-13-9-22-8-12(20)6-7-16(22)21-13/h2-9,11H,10H2,1H3. The van der Waals surface area contributed by atoms with Gasteiger partial charge in [0.1, 0.15) is 18.3 Å². The first-order chi connectivity index (χ1) is 13.0. The second kappa shape index (κ2) is 6.51. The first-order valence-corrected chi connectivity index (χ1v) is 8.60. The van der Waals surface area contributed by atoms with Crippen molar-refractivity contribution in [2.75, 3.05) is 0 Å². The maximum atomic E-state index is 12.4. The van der Waals surface area contributed by atoms with Gasteiger partial charge in [-0.1, -0.05) is 23.7 Å². The fourth-order valence-corrected chi connectivity index (χ4v) is 3.19. The van der Waals surface area contributed by atoms with Gasteiger partial charge in [0.2, 0.25) is 0 Å². The van der Waals surface area contributed by atoms with E-state index in [0.29, 0.717) is 27.5 Å². The molecular formula is C19H14ClN3O4. The van der Waals surface area contributed by atoms with Gasteiger partial charge in [0, 0.05) is 12.4 Å². The van der Waals surface area contributed by atoms with Gasteiger partial charge in [-0.15, -0.1) is 0 Å². The van der Waals surface area contributed by atoms with Crippen LogP contribution >= 0.6 is 11.6 Å². The summed E-state index contributed by atoms with van der Waals surface area (Å²) in [6.07, 6.45) is 3.39. The first kappa shape index (κ1) is 17.2. The number of imide groups is 1. The Morgan fingerprint density at radius 2 is 1.78 bits per heavy atom.